The van der Waals surface area contributed by atoms with Crippen LogP contribution in [0.5, 0.6) is 0 Å². The minimum absolute atomic E-state index is 0.0159. The number of rotatable bonds is 7. The number of ether oxygens (including phenoxy) is 1. The first-order chi connectivity index (χ1) is 16.5. The summed E-state index contributed by atoms with van der Waals surface area (Å²) in [5.74, 6) is -0.235. The second-order valence-corrected chi connectivity index (χ2v) is 9.19. The van der Waals surface area contributed by atoms with Crippen LogP contribution in [0.3, 0.4) is 0 Å². The summed E-state index contributed by atoms with van der Waals surface area (Å²) in [6, 6.07) is 8.26. The summed E-state index contributed by atoms with van der Waals surface area (Å²) in [7, 11) is 1.63. The average Bonchev–Trinajstić information content (AvgIpc) is 2.79. The van der Waals surface area contributed by atoms with Crippen LogP contribution in [0.2, 0.25) is 0 Å². The second kappa shape index (κ2) is 10.5. The molecule has 0 fully saturated rings. The number of amides is 2. The molecule has 0 radical (unpaired) electrons. The van der Waals surface area contributed by atoms with Crippen LogP contribution in [0.1, 0.15) is 39.0 Å². The van der Waals surface area contributed by atoms with E-state index >= 15 is 0 Å². The molecular weight excluding hydrogens is 450 g/mol. The minimum atomic E-state index is -0.656. The monoisotopic (exact) mass is 481 g/mol. The van der Waals surface area contributed by atoms with Crippen LogP contribution < -0.4 is 21.2 Å². The largest absolute Gasteiger partial charge is 0.444 e. The molecule has 0 aliphatic rings. The molecule has 3 rings (SSSR count). The van der Waals surface area contributed by atoms with Gasteiger partial charge in [-0.3, -0.25) is 15.1 Å². The summed E-state index contributed by atoms with van der Waals surface area (Å²) >= 11 is 0. The van der Waals surface area contributed by atoms with Gasteiger partial charge in [-0.15, -0.1) is 0 Å². The van der Waals surface area contributed by atoms with E-state index in [4.69, 9.17) is 9.15 Å². The third-order valence-electron chi connectivity index (χ3n) is 5.35. The molecule has 10 nitrogen and oxygen atoms in total. The highest BCUT2D eigenvalue weighted by atomic mass is 16.6. The zero-order valence-electron chi connectivity index (χ0n) is 20.8. The number of carbonyl (C=O) groups is 2. The number of hydrogen-bond donors (Lipinski definition) is 2. The summed E-state index contributed by atoms with van der Waals surface area (Å²) in [5, 5.41) is 5.75. The van der Waals surface area contributed by atoms with E-state index in [0.717, 1.165) is 5.69 Å². The van der Waals surface area contributed by atoms with Gasteiger partial charge in [0.15, 0.2) is 0 Å². The van der Waals surface area contributed by atoms with Gasteiger partial charge in [0.2, 0.25) is 5.91 Å². The molecule has 35 heavy (non-hydrogen) atoms. The lowest BCUT2D eigenvalue weighted by Gasteiger charge is -2.23. The van der Waals surface area contributed by atoms with E-state index in [2.05, 4.69) is 20.6 Å². The zero-order chi connectivity index (χ0) is 25.8. The standard InChI is InChI=1S/C25H31N5O5/c1-15-18(29-24(33)35-25(3,4)5)10-11-19-20(15)22(32)34-23(28-19)30(6)16(2)21(31)27-14-12-17-9-7-8-13-26-17/h7-11,13,16H,12,14H2,1-6H3,(H,27,31)(H,29,33)/t16-/m0/s1. The average molecular weight is 482 g/mol. The smallest absolute Gasteiger partial charge is 0.412 e. The number of carbonyl (C=O) groups excluding carboxylic acids is 2. The molecule has 0 aliphatic heterocycles. The van der Waals surface area contributed by atoms with Gasteiger partial charge >= 0.3 is 17.7 Å². The first-order valence-electron chi connectivity index (χ1n) is 11.3. The lowest BCUT2D eigenvalue weighted by molar-refractivity contribution is -0.122. The highest BCUT2D eigenvalue weighted by Gasteiger charge is 2.23. The van der Waals surface area contributed by atoms with E-state index in [-0.39, 0.29) is 17.3 Å². The Balaban J connectivity index is 1.73. The molecule has 10 heteroatoms. The second-order valence-electron chi connectivity index (χ2n) is 9.19. The maximum absolute atomic E-state index is 12.8. The molecule has 186 valence electrons. The molecule has 2 aromatic heterocycles. The van der Waals surface area contributed by atoms with Crippen LogP contribution >= 0.6 is 0 Å². The number of benzene rings is 1. The van der Waals surface area contributed by atoms with Crippen LogP contribution in [0.4, 0.5) is 16.5 Å². The highest BCUT2D eigenvalue weighted by molar-refractivity contribution is 5.93. The van der Waals surface area contributed by atoms with Crippen molar-refractivity contribution in [1.29, 1.82) is 0 Å². The highest BCUT2D eigenvalue weighted by Crippen LogP contribution is 2.25. The third kappa shape index (κ3) is 6.56. The van der Waals surface area contributed by atoms with Crippen molar-refractivity contribution in [3.63, 3.8) is 0 Å². The Kier molecular flexibility index (Phi) is 7.73. The third-order valence-corrected chi connectivity index (χ3v) is 5.35. The van der Waals surface area contributed by atoms with E-state index < -0.39 is 23.4 Å². The van der Waals surface area contributed by atoms with Crippen molar-refractivity contribution >= 4 is 34.6 Å². The fourth-order valence-corrected chi connectivity index (χ4v) is 3.36. The van der Waals surface area contributed by atoms with Crippen LogP contribution in [0.15, 0.2) is 45.7 Å². The summed E-state index contributed by atoms with van der Waals surface area (Å²) in [4.78, 5) is 47.8. The topological polar surface area (TPSA) is 127 Å². The number of hydrogen-bond acceptors (Lipinski definition) is 8. The number of aryl methyl sites for hydroxylation is 1. The molecule has 0 aliphatic carbocycles. The minimum Gasteiger partial charge on any atom is -0.444 e. The fourth-order valence-electron chi connectivity index (χ4n) is 3.36. The van der Waals surface area contributed by atoms with Gasteiger partial charge in [0, 0.05) is 37.6 Å². The predicted octanol–water partition coefficient (Wildman–Crippen LogP) is 3.42. The zero-order valence-corrected chi connectivity index (χ0v) is 20.8. The SMILES string of the molecule is Cc1c(NC(=O)OC(C)(C)C)ccc2nc(N(C)[C@@H](C)C(=O)NCCc3ccccn3)oc(=O)c12. The number of nitrogens with one attached hydrogen (secondary N) is 2. The first-order valence-corrected chi connectivity index (χ1v) is 11.3. The van der Waals surface area contributed by atoms with Gasteiger partial charge in [-0.1, -0.05) is 6.07 Å². The van der Waals surface area contributed by atoms with Gasteiger partial charge in [-0.2, -0.15) is 4.98 Å². The maximum atomic E-state index is 12.8. The molecule has 1 atom stereocenters. The molecule has 1 aromatic carbocycles. The molecule has 2 heterocycles. The van der Waals surface area contributed by atoms with Crippen molar-refractivity contribution in [2.75, 3.05) is 23.8 Å². The van der Waals surface area contributed by atoms with Crippen LogP contribution in [-0.4, -0.2) is 47.2 Å². The first kappa shape index (κ1) is 25.7. The number of likely N-dealkylation sites (N-methyl/N-ethyl adjacent to an activating group) is 1. The summed E-state index contributed by atoms with van der Waals surface area (Å²) in [5.41, 5.74) is 0.915. The van der Waals surface area contributed by atoms with Gasteiger partial charge in [0.25, 0.3) is 0 Å². The summed E-state index contributed by atoms with van der Waals surface area (Å²) in [6.45, 7) is 9.10. The quantitative estimate of drug-likeness (QED) is 0.526. The van der Waals surface area contributed by atoms with Gasteiger partial charge in [0.05, 0.1) is 10.9 Å². The van der Waals surface area contributed by atoms with Crippen molar-refractivity contribution in [2.45, 2.75) is 52.7 Å². The Labute approximate surface area is 203 Å². The van der Waals surface area contributed by atoms with Crippen LogP contribution in [-0.2, 0) is 16.0 Å². The predicted molar refractivity (Wildman–Crippen MR) is 134 cm³/mol. The normalized spacial score (nSPS) is 12.2. The van der Waals surface area contributed by atoms with Crippen LogP contribution in [0.25, 0.3) is 10.9 Å². The van der Waals surface area contributed by atoms with E-state index in [1.807, 2.05) is 18.2 Å². The molecule has 0 spiro atoms. The van der Waals surface area contributed by atoms with Crippen molar-refractivity contribution in [1.82, 2.24) is 15.3 Å². The van der Waals surface area contributed by atoms with Gasteiger partial charge in [0.1, 0.15) is 11.6 Å². The molecule has 0 bridgehead atoms. The summed E-state index contributed by atoms with van der Waals surface area (Å²) in [6.07, 6.45) is 1.68. The molecule has 0 saturated heterocycles. The van der Waals surface area contributed by atoms with Crippen molar-refractivity contribution in [3.8, 4) is 0 Å². The number of aromatic nitrogens is 2. The molecule has 0 saturated carbocycles. The Morgan fingerprint density at radius 3 is 2.60 bits per heavy atom. The van der Waals surface area contributed by atoms with Gasteiger partial charge < -0.3 is 19.4 Å². The Morgan fingerprint density at radius 2 is 1.94 bits per heavy atom. The molecule has 3 aromatic rings. The Morgan fingerprint density at radius 1 is 1.20 bits per heavy atom. The molecular formula is C25H31N5O5. The molecule has 2 N–H and O–H groups in total. The van der Waals surface area contributed by atoms with E-state index in [0.29, 0.717) is 29.7 Å². The number of anilines is 2. The summed E-state index contributed by atoms with van der Waals surface area (Å²) < 4.78 is 10.7. The molecule has 0 unspecified atom stereocenters. The lowest BCUT2D eigenvalue weighted by Crippen LogP contribution is -2.44. The van der Waals surface area contributed by atoms with Gasteiger partial charge in [-0.25, -0.2) is 9.59 Å². The Bertz CT molecular complexity index is 1270. The lowest BCUT2D eigenvalue weighted by atomic mass is 10.1. The van der Waals surface area contributed by atoms with E-state index in [1.165, 1.54) is 4.90 Å². The van der Waals surface area contributed by atoms with Gasteiger partial charge in [-0.05, 0) is 64.4 Å². The maximum Gasteiger partial charge on any atom is 0.412 e. The Hall–Kier alpha value is -3.95. The number of nitrogens with zero attached hydrogens (tertiary/aromatic N) is 3. The number of pyridine rings is 1. The van der Waals surface area contributed by atoms with E-state index in [1.54, 1.807) is 60.0 Å². The number of fused-ring (bicyclic) bond motifs is 1. The van der Waals surface area contributed by atoms with E-state index in [9.17, 15) is 14.4 Å². The van der Waals surface area contributed by atoms with Crippen LogP contribution in [0, 0.1) is 6.92 Å². The van der Waals surface area contributed by atoms with Crippen molar-refractivity contribution in [2.24, 2.45) is 0 Å². The van der Waals surface area contributed by atoms with Crippen molar-refractivity contribution in [3.05, 3.63) is 58.2 Å². The fraction of sp³-hybridized carbons (Fsp3) is 0.400. The van der Waals surface area contributed by atoms with Crippen molar-refractivity contribution < 1.29 is 18.7 Å². The molecule has 2 amide bonds.